The number of carbonyl (C=O) groups excluding carboxylic acids is 3. The predicted molar refractivity (Wildman–Crippen MR) is 424 cm³/mol. The Bertz CT molecular complexity index is 4730. The topological polar surface area (TPSA) is 354 Å². The van der Waals surface area contributed by atoms with Gasteiger partial charge in [0.2, 0.25) is 11.8 Å². The lowest BCUT2D eigenvalue weighted by Gasteiger charge is -2.47. The van der Waals surface area contributed by atoms with E-state index in [0.29, 0.717) is 113 Å². The largest absolute Gasteiger partial charge is 0.465 e. The van der Waals surface area contributed by atoms with Gasteiger partial charge in [0.05, 0.1) is 51.9 Å². The molecule has 7 aliphatic carbocycles. The van der Waals surface area contributed by atoms with Crippen LogP contribution in [0.5, 0.6) is 0 Å². The minimum absolute atomic E-state index is 0. The van der Waals surface area contributed by atoms with Crippen LogP contribution in [0, 0.1) is 36.5 Å². The molecule has 19 rings (SSSR count). The molecule has 0 radical (unpaired) electrons. The number of anilines is 11. The molecule has 10 fully saturated rings. The van der Waals surface area contributed by atoms with E-state index in [-0.39, 0.29) is 42.5 Å². The van der Waals surface area contributed by atoms with Gasteiger partial charge in [-0.25, -0.2) is 34.7 Å². The molecule has 27 nitrogen and oxygen atoms in total. The highest BCUT2D eigenvalue weighted by atomic mass is 32.2. The van der Waals surface area contributed by atoms with Crippen molar-refractivity contribution in [2.75, 3.05) is 87.7 Å². The number of rotatable bonds is 25. The Labute approximate surface area is 639 Å². The fourth-order valence-electron chi connectivity index (χ4n) is 14.2. The van der Waals surface area contributed by atoms with Crippen LogP contribution in [-0.4, -0.2) is 157 Å². The quantitative estimate of drug-likeness (QED) is 0.0187. The Balaban J connectivity index is 0.000000208. The van der Waals surface area contributed by atoms with E-state index in [1.54, 1.807) is 12.1 Å². The van der Waals surface area contributed by atoms with Crippen LogP contribution in [0.15, 0.2) is 139 Å². The maximum Gasteiger partial charge on any atom is 0.337 e. The third-order valence-corrected chi connectivity index (χ3v) is 24.0. The summed E-state index contributed by atoms with van der Waals surface area (Å²) in [5.41, 5.74) is 3.59. The summed E-state index contributed by atoms with van der Waals surface area (Å²) >= 11 is 4.35. The lowest BCUT2D eigenvalue weighted by atomic mass is 9.89. The number of nitrogens with one attached hydrogen (secondary N) is 8. The number of hydrogen-bond donors (Lipinski definition) is 11. The number of hydrogen-bond acceptors (Lipinski definition) is 25. The Kier molecular flexibility index (Phi) is 19.1. The van der Waals surface area contributed by atoms with Crippen molar-refractivity contribution >= 4 is 117 Å². The number of H-pyrrole nitrogens is 3. The van der Waals surface area contributed by atoms with E-state index in [9.17, 15) is 29.7 Å². The molecule has 0 unspecified atom stereocenters. The molecule has 0 atom stereocenters. The lowest BCUT2D eigenvalue weighted by molar-refractivity contribution is -0.119. The molecule has 3 aromatic carbocycles. The summed E-state index contributed by atoms with van der Waals surface area (Å²) in [6.45, 7) is 5.50. The van der Waals surface area contributed by atoms with Crippen LogP contribution in [0.4, 0.5) is 63.7 Å². The van der Waals surface area contributed by atoms with Crippen molar-refractivity contribution in [2.45, 2.75) is 168 Å². The zero-order chi connectivity index (χ0) is 72.3. The highest BCUT2D eigenvalue weighted by molar-refractivity contribution is 7.99. The van der Waals surface area contributed by atoms with Crippen molar-refractivity contribution in [3.8, 4) is 0 Å². The third-order valence-electron chi connectivity index (χ3n) is 21.4. The molecule has 7 saturated carbocycles. The molecule has 0 spiro atoms. The monoisotopic (exact) mass is 1500 g/mol. The number of carbonyl (C=O) groups is 3. The number of benzene rings is 3. The number of β-amino-alcohol motifs (C(OH)–C–C–N with tert-alkyl or cyclic N) is 3. The summed E-state index contributed by atoms with van der Waals surface area (Å²) in [5, 5.41) is 72.4. The first-order chi connectivity index (χ1) is 51.4. The number of nitrogens with zero attached hydrogens (tertiary/aromatic N) is 12. The van der Waals surface area contributed by atoms with Gasteiger partial charge in [-0.2, -0.15) is 15.3 Å². The van der Waals surface area contributed by atoms with Gasteiger partial charge < -0.3 is 61.3 Å². The second kappa shape index (κ2) is 29.1. The summed E-state index contributed by atoms with van der Waals surface area (Å²) in [5.74, 6) is 9.08. The fourth-order valence-corrected chi connectivity index (χ4v) is 16.5. The molecule has 10 aliphatic rings. The first-order valence-corrected chi connectivity index (χ1v) is 39.4. The highest BCUT2D eigenvalue weighted by Gasteiger charge is 2.55. The molecular formula is C76H104N20O7S3. The Morgan fingerprint density at radius 1 is 0.443 bits per heavy atom. The molecule has 3 aliphatic heterocycles. The van der Waals surface area contributed by atoms with E-state index in [1.165, 1.54) is 68.1 Å². The van der Waals surface area contributed by atoms with Gasteiger partial charge in [0.25, 0.3) is 0 Å². The molecule has 9 aromatic rings. The van der Waals surface area contributed by atoms with Crippen molar-refractivity contribution in [1.29, 1.82) is 0 Å². The number of amides is 2. The highest BCUT2D eigenvalue weighted by Crippen LogP contribution is 2.50. The number of aryl methyl sites for hydroxylation is 1. The van der Waals surface area contributed by atoms with Gasteiger partial charge in [0.1, 0.15) is 51.7 Å². The summed E-state index contributed by atoms with van der Waals surface area (Å²) < 4.78 is 4.77. The minimum atomic E-state index is -0.600. The second-order valence-corrected chi connectivity index (χ2v) is 33.4. The van der Waals surface area contributed by atoms with Crippen LogP contribution in [0.25, 0.3) is 0 Å². The summed E-state index contributed by atoms with van der Waals surface area (Å²) in [6, 6.07) is 34.5. The minimum Gasteiger partial charge on any atom is -0.465 e. The lowest BCUT2D eigenvalue weighted by Crippen LogP contribution is -2.63. The van der Waals surface area contributed by atoms with E-state index in [2.05, 4.69) is 77.9 Å². The molecule has 0 bridgehead atoms. The number of aromatic amines is 3. The van der Waals surface area contributed by atoms with Crippen LogP contribution < -0.4 is 41.3 Å². The van der Waals surface area contributed by atoms with Crippen LogP contribution in [0.1, 0.15) is 155 Å². The Hall–Kier alpha value is -9.33. The maximum absolute atomic E-state index is 12.4. The van der Waals surface area contributed by atoms with Gasteiger partial charge in [-0.1, -0.05) is 12.8 Å². The molecular weight excluding hydrogens is 1400 g/mol. The van der Waals surface area contributed by atoms with Crippen molar-refractivity contribution in [2.24, 2.45) is 29.6 Å². The zero-order valence-electron chi connectivity index (χ0n) is 59.1. The van der Waals surface area contributed by atoms with E-state index < -0.39 is 16.8 Å². The summed E-state index contributed by atoms with van der Waals surface area (Å²) in [4.78, 5) is 73.9. The molecule has 106 heavy (non-hydrogen) atoms. The number of methoxy groups -OCH3 is 1. The second-order valence-electron chi connectivity index (χ2n) is 30.3. The number of aromatic nitrogens is 12. The van der Waals surface area contributed by atoms with Gasteiger partial charge >= 0.3 is 5.97 Å². The van der Waals surface area contributed by atoms with E-state index in [0.717, 1.165) is 149 Å². The molecule has 2 amide bonds. The third kappa shape index (κ3) is 16.8. The maximum atomic E-state index is 12.4. The van der Waals surface area contributed by atoms with Crippen LogP contribution in [-0.2, 0) is 14.3 Å². The molecule has 568 valence electrons. The first kappa shape index (κ1) is 69.7. The molecule has 30 heteroatoms. The average molecular weight is 1510 g/mol. The van der Waals surface area contributed by atoms with Crippen molar-refractivity contribution in [3.63, 3.8) is 0 Å². The van der Waals surface area contributed by atoms with Crippen molar-refractivity contribution in [1.82, 2.24) is 60.5 Å². The number of esters is 1. The van der Waals surface area contributed by atoms with E-state index in [4.69, 9.17) is 34.6 Å². The average Bonchev–Trinajstić information content (AvgIpc) is 1.66. The van der Waals surface area contributed by atoms with Gasteiger partial charge in [0, 0.05) is 116 Å². The van der Waals surface area contributed by atoms with Crippen LogP contribution in [0.2, 0.25) is 0 Å². The summed E-state index contributed by atoms with van der Waals surface area (Å²) in [6.07, 6.45) is 17.7. The van der Waals surface area contributed by atoms with Crippen molar-refractivity contribution in [3.05, 3.63) is 132 Å². The zero-order valence-corrected chi connectivity index (χ0v) is 61.5. The standard InChI is InChI=1S/C26H29N7O2S.C26H31N7O2S.C24H26N6O3S.9H2/c34-24(16-3-4-16)27-18-7-9-19(10-8-18)36-25-29-21(28-22-11-20(31-32-22)15-1-2-15)12-23(30-25)33-13-26(35,14-33)17-5-6-17;1-16-12-22(32-31-16)28-21-13-23(33-14-26(35,15-33)18-6-7-18)30-25(29-21)36-20-10-8-19(9-11-20)27-24(34)17-4-2-3-5-17;1-33-22(31)15-4-8-17(9-5-15)34-23-26-19(25-20-10-18(28-29-20)14-2-3-14)11-21(27-23)30-12-24(32,13-30)16-6-7-16;;;;;;;;;/h7-12,15-17,35H,1-6,13-14H2,(H,27,34)(H2,28,29,30,31,32);8-13,17-18,35H,2-7,14-15H2,1H3,(H,27,34)(H2,28,29,30,31,32);4-5,8-11,14,16,32H,2-3,6-7,12-13H2,1H3,(H2,25,26,27,28,29);9*1H. The molecule has 9 heterocycles. The number of ether oxygens (including phenoxy) is 1. The number of aliphatic hydroxyl groups is 3. The van der Waals surface area contributed by atoms with Gasteiger partial charge in [-0.15, -0.1) is 0 Å². The summed E-state index contributed by atoms with van der Waals surface area (Å²) in [7, 11) is 1.37. The molecule has 3 saturated heterocycles. The Morgan fingerprint density at radius 2 is 0.792 bits per heavy atom. The van der Waals surface area contributed by atoms with Crippen LogP contribution in [0.3, 0.4) is 0 Å². The first-order valence-electron chi connectivity index (χ1n) is 37.0. The molecule has 6 aromatic heterocycles. The predicted octanol–water partition coefficient (Wildman–Crippen LogP) is 14.7. The van der Waals surface area contributed by atoms with E-state index in [1.807, 2.05) is 97.9 Å². The normalized spacial score (nSPS) is 19.6. The Morgan fingerprint density at radius 3 is 1.12 bits per heavy atom. The fraction of sp³-hybridized carbons (Fsp3) is 0.447. The SMILES string of the molecule is COC(=O)c1ccc(Sc2nc(Nc3cc(C4CC4)[nH]n3)cc(N3CC(O)(C4CC4)C3)n2)cc1.Cc1cc(Nc2cc(N3CC(O)(C4CC4)C3)nc(Sc3ccc(NC(=O)C4CCCC4)cc3)n2)n[nH]1.O=C(Nc1ccc(Sc2nc(Nc3cc(C4CC4)[nH]n3)cc(N3CC(O)(C4CC4)C3)n2)cc1)C1CC1.[HH].[HH].[HH].[HH].[HH].[HH].[HH].[HH].[HH]. The van der Waals surface area contributed by atoms with Crippen LogP contribution >= 0.6 is 35.3 Å². The van der Waals surface area contributed by atoms with Gasteiger partial charge in [0.15, 0.2) is 32.9 Å². The molecule has 11 N–H and O–H groups in total. The van der Waals surface area contributed by atoms with E-state index >= 15 is 0 Å². The van der Waals surface area contributed by atoms with Crippen molar-refractivity contribution < 1.29 is 47.3 Å². The van der Waals surface area contributed by atoms with Gasteiger partial charge in [-0.05, 0) is 223 Å². The van der Waals surface area contributed by atoms with Gasteiger partial charge in [-0.3, -0.25) is 24.9 Å². The smallest absolute Gasteiger partial charge is 0.337 e.